The van der Waals surface area contributed by atoms with Crippen molar-refractivity contribution in [3.63, 3.8) is 0 Å². The minimum atomic E-state index is -0.373. The molecule has 0 unspecified atom stereocenters. The van der Waals surface area contributed by atoms with Crippen LogP contribution in [0.1, 0.15) is 5.56 Å². The highest BCUT2D eigenvalue weighted by Crippen LogP contribution is 2.23. The van der Waals surface area contributed by atoms with Gasteiger partial charge in [-0.05, 0) is 35.9 Å². The number of benzene rings is 2. The van der Waals surface area contributed by atoms with Gasteiger partial charge in [0.1, 0.15) is 18.0 Å². The monoisotopic (exact) mass is 551 g/mol. The lowest BCUT2D eigenvalue weighted by Gasteiger charge is -2.04. The molecule has 2 aromatic carbocycles. The summed E-state index contributed by atoms with van der Waals surface area (Å²) >= 11 is 0. The Morgan fingerprint density at radius 1 is 0.732 bits per heavy atom. The molecule has 3 N–H and O–H groups in total. The largest absolute Gasteiger partial charge is 0.388 e. The Hall–Kier alpha value is -4.89. The van der Waals surface area contributed by atoms with E-state index < -0.39 is 0 Å². The number of fused-ring (bicyclic) bond motifs is 2. The molecular formula is C32H34FN7O. The third kappa shape index (κ3) is 6.64. The number of halogens is 1. The number of ether oxygens (including phenoxy) is 1. The molecular weight excluding hydrogens is 517 g/mol. The van der Waals surface area contributed by atoms with Crippen LogP contribution in [-0.4, -0.2) is 53.2 Å². The lowest BCUT2D eigenvalue weighted by atomic mass is 10.1. The molecule has 4 heterocycles. The molecule has 4 aromatic heterocycles. The van der Waals surface area contributed by atoms with Gasteiger partial charge in [0.2, 0.25) is 0 Å². The zero-order chi connectivity index (χ0) is 28.6. The van der Waals surface area contributed by atoms with Gasteiger partial charge in [-0.2, -0.15) is 0 Å². The molecule has 9 heteroatoms. The lowest BCUT2D eigenvalue weighted by Crippen LogP contribution is -2.02. The second-order valence-electron chi connectivity index (χ2n) is 9.44. The van der Waals surface area contributed by atoms with E-state index in [1.54, 1.807) is 7.11 Å². The van der Waals surface area contributed by atoms with Gasteiger partial charge in [0.25, 0.3) is 0 Å². The Balaban J connectivity index is 0.000000165. The van der Waals surface area contributed by atoms with Gasteiger partial charge in [-0.25, -0.2) is 14.4 Å². The number of methoxy groups -OCH3 is 1. The van der Waals surface area contributed by atoms with Crippen LogP contribution >= 0.6 is 0 Å². The maximum absolute atomic E-state index is 12.1. The van der Waals surface area contributed by atoms with Crippen molar-refractivity contribution in [1.82, 2.24) is 18.8 Å². The minimum Gasteiger partial charge on any atom is -0.388 e. The van der Waals surface area contributed by atoms with E-state index in [1.165, 1.54) is 0 Å². The summed E-state index contributed by atoms with van der Waals surface area (Å²) < 4.78 is 21.3. The van der Waals surface area contributed by atoms with Crippen molar-refractivity contribution in [2.24, 2.45) is 0 Å². The van der Waals surface area contributed by atoms with Crippen LogP contribution in [0.4, 0.5) is 21.5 Å². The SMILES string of the molecule is CNc1ccn2cc(-c3ccc(NCCF)cc3)nc2c1.CNc1ccn2cc(-c3cccc(COC)c3)nc2c1. The summed E-state index contributed by atoms with van der Waals surface area (Å²) in [7, 11) is 5.50. The fourth-order valence-corrected chi connectivity index (χ4v) is 4.49. The maximum atomic E-state index is 12.1. The number of aromatic nitrogens is 4. The molecule has 0 aliphatic heterocycles. The highest BCUT2D eigenvalue weighted by Gasteiger charge is 2.07. The first-order valence-electron chi connectivity index (χ1n) is 13.4. The van der Waals surface area contributed by atoms with Crippen molar-refractivity contribution >= 4 is 28.4 Å². The quantitative estimate of drug-likeness (QED) is 0.188. The number of rotatable bonds is 9. The molecule has 0 saturated heterocycles. The smallest absolute Gasteiger partial charge is 0.139 e. The molecule has 0 fully saturated rings. The number of hydrogen-bond acceptors (Lipinski definition) is 6. The number of pyridine rings is 2. The van der Waals surface area contributed by atoms with E-state index in [2.05, 4.69) is 44.1 Å². The fraction of sp³-hybridized carbons (Fsp3) is 0.188. The van der Waals surface area contributed by atoms with E-state index in [0.717, 1.165) is 56.4 Å². The Bertz CT molecular complexity index is 1730. The maximum Gasteiger partial charge on any atom is 0.139 e. The number of anilines is 3. The molecule has 6 rings (SSSR count). The molecule has 0 aliphatic carbocycles. The predicted molar refractivity (Wildman–Crippen MR) is 166 cm³/mol. The average Bonchev–Trinajstić information content (AvgIpc) is 3.64. The van der Waals surface area contributed by atoms with Crippen LogP contribution < -0.4 is 16.0 Å². The Morgan fingerprint density at radius 2 is 1.34 bits per heavy atom. The van der Waals surface area contributed by atoms with Crippen molar-refractivity contribution in [3.05, 3.63) is 103 Å². The molecule has 0 atom stereocenters. The van der Waals surface area contributed by atoms with Gasteiger partial charge >= 0.3 is 0 Å². The van der Waals surface area contributed by atoms with Crippen LogP contribution in [-0.2, 0) is 11.3 Å². The molecule has 210 valence electrons. The van der Waals surface area contributed by atoms with Crippen molar-refractivity contribution in [3.8, 4) is 22.5 Å². The van der Waals surface area contributed by atoms with Crippen molar-refractivity contribution < 1.29 is 9.13 Å². The molecule has 0 aliphatic rings. The van der Waals surface area contributed by atoms with Crippen LogP contribution in [0.15, 0.2) is 97.6 Å². The van der Waals surface area contributed by atoms with Crippen molar-refractivity contribution in [2.75, 3.05) is 50.4 Å². The predicted octanol–water partition coefficient (Wildman–Crippen LogP) is 6.61. The third-order valence-electron chi connectivity index (χ3n) is 6.64. The Labute approximate surface area is 238 Å². The number of nitrogens with zero attached hydrogens (tertiary/aromatic N) is 4. The van der Waals surface area contributed by atoms with E-state index in [9.17, 15) is 4.39 Å². The van der Waals surface area contributed by atoms with E-state index >= 15 is 0 Å². The zero-order valence-corrected chi connectivity index (χ0v) is 23.4. The molecule has 6 aromatic rings. The Kier molecular flexibility index (Phi) is 8.76. The summed E-state index contributed by atoms with van der Waals surface area (Å²) in [6.07, 6.45) is 8.03. The van der Waals surface area contributed by atoms with Crippen LogP contribution in [0.3, 0.4) is 0 Å². The van der Waals surface area contributed by atoms with Crippen LogP contribution in [0.25, 0.3) is 33.8 Å². The lowest BCUT2D eigenvalue weighted by molar-refractivity contribution is 0.185. The van der Waals surface area contributed by atoms with Gasteiger partial charge in [0, 0.05) is 92.9 Å². The summed E-state index contributed by atoms with van der Waals surface area (Å²) in [5.41, 5.74) is 10.0. The van der Waals surface area contributed by atoms with E-state index in [1.807, 2.05) is 102 Å². The normalized spacial score (nSPS) is 10.8. The number of alkyl halides is 1. The molecule has 0 amide bonds. The van der Waals surface area contributed by atoms with Crippen LogP contribution in [0.5, 0.6) is 0 Å². The van der Waals surface area contributed by atoms with Crippen LogP contribution in [0, 0.1) is 0 Å². The third-order valence-corrected chi connectivity index (χ3v) is 6.64. The van der Waals surface area contributed by atoms with E-state index in [-0.39, 0.29) is 6.67 Å². The minimum absolute atomic E-state index is 0.334. The fourth-order valence-electron chi connectivity index (χ4n) is 4.49. The molecule has 0 bridgehead atoms. The Morgan fingerprint density at radius 3 is 1.90 bits per heavy atom. The number of imidazole rings is 2. The molecule has 0 saturated carbocycles. The van der Waals surface area contributed by atoms with E-state index in [4.69, 9.17) is 4.74 Å². The molecule has 8 nitrogen and oxygen atoms in total. The summed E-state index contributed by atoms with van der Waals surface area (Å²) in [6.45, 7) is 0.577. The zero-order valence-electron chi connectivity index (χ0n) is 23.4. The highest BCUT2D eigenvalue weighted by molar-refractivity contribution is 5.67. The summed E-state index contributed by atoms with van der Waals surface area (Å²) in [4.78, 5) is 9.30. The first-order valence-corrected chi connectivity index (χ1v) is 13.4. The number of nitrogens with one attached hydrogen (secondary N) is 3. The van der Waals surface area contributed by atoms with E-state index in [0.29, 0.717) is 13.2 Å². The highest BCUT2D eigenvalue weighted by atomic mass is 19.1. The summed E-state index contributed by atoms with van der Waals surface area (Å²) in [6, 6.07) is 24.2. The van der Waals surface area contributed by atoms with Gasteiger partial charge < -0.3 is 29.5 Å². The van der Waals surface area contributed by atoms with Gasteiger partial charge in [-0.3, -0.25) is 0 Å². The second-order valence-corrected chi connectivity index (χ2v) is 9.44. The summed E-state index contributed by atoms with van der Waals surface area (Å²) in [5.74, 6) is 0. The first-order chi connectivity index (χ1) is 20.1. The topological polar surface area (TPSA) is 79.9 Å². The van der Waals surface area contributed by atoms with Crippen molar-refractivity contribution in [2.45, 2.75) is 6.61 Å². The molecule has 41 heavy (non-hydrogen) atoms. The second kappa shape index (κ2) is 13.0. The standard InChI is InChI=1S/C16H17FN4.C16H17N3O/c1-18-14-6-9-21-11-15(20-16(21)10-14)12-2-4-13(5-3-12)19-8-7-17;1-17-14-6-7-19-10-15(18-16(19)9-14)13-5-3-4-12(8-13)11-20-2/h2-6,9-11,18-19H,7-8H2,1H3;3-10,17H,11H2,1-2H3. The summed E-state index contributed by atoms with van der Waals surface area (Å²) in [5, 5.41) is 9.23. The van der Waals surface area contributed by atoms with Crippen molar-refractivity contribution in [1.29, 1.82) is 0 Å². The van der Waals surface area contributed by atoms with Gasteiger partial charge in [0.05, 0.1) is 18.0 Å². The van der Waals surface area contributed by atoms with Gasteiger partial charge in [-0.15, -0.1) is 0 Å². The average molecular weight is 552 g/mol. The van der Waals surface area contributed by atoms with Crippen LogP contribution in [0.2, 0.25) is 0 Å². The number of hydrogen-bond donors (Lipinski definition) is 3. The molecule has 0 radical (unpaired) electrons. The molecule has 0 spiro atoms. The van der Waals surface area contributed by atoms with Gasteiger partial charge in [-0.1, -0.05) is 30.3 Å². The first kappa shape index (κ1) is 27.7. The van der Waals surface area contributed by atoms with Gasteiger partial charge in [0.15, 0.2) is 0 Å².